The second kappa shape index (κ2) is 4.78. The summed E-state index contributed by atoms with van der Waals surface area (Å²) in [4.78, 5) is 4.75. The van der Waals surface area contributed by atoms with Gasteiger partial charge in [0, 0.05) is 12.6 Å². The van der Waals surface area contributed by atoms with Gasteiger partial charge in [-0.1, -0.05) is 0 Å². The first kappa shape index (κ1) is 11.2. The van der Waals surface area contributed by atoms with Crippen LogP contribution in [0.2, 0.25) is 0 Å². The average Bonchev–Trinajstić information content (AvgIpc) is 2.74. The van der Waals surface area contributed by atoms with E-state index in [-0.39, 0.29) is 6.17 Å². The molecule has 0 spiro atoms. The monoisotopic (exact) mass is 234 g/mol. The van der Waals surface area contributed by atoms with Crippen LogP contribution in [0.15, 0.2) is 6.20 Å². The molecular formula is C13H22N4. The Morgan fingerprint density at radius 2 is 2.35 bits per heavy atom. The predicted octanol–water partition coefficient (Wildman–Crippen LogP) is 1.22. The highest BCUT2D eigenvalue weighted by Crippen LogP contribution is 2.23. The van der Waals surface area contributed by atoms with Gasteiger partial charge >= 0.3 is 0 Å². The van der Waals surface area contributed by atoms with E-state index in [1.54, 1.807) is 0 Å². The largest absolute Gasteiger partial charge is 0.319 e. The van der Waals surface area contributed by atoms with Gasteiger partial charge in [-0.3, -0.25) is 0 Å². The van der Waals surface area contributed by atoms with Crippen LogP contribution in [0.25, 0.3) is 0 Å². The minimum atomic E-state index is 0.157. The van der Waals surface area contributed by atoms with Crippen molar-refractivity contribution >= 4 is 0 Å². The third-order valence-corrected chi connectivity index (χ3v) is 4.01. The zero-order valence-electron chi connectivity index (χ0n) is 10.4. The lowest BCUT2D eigenvalue weighted by Gasteiger charge is -2.21. The van der Waals surface area contributed by atoms with Gasteiger partial charge in [-0.15, -0.1) is 0 Å². The van der Waals surface area contributed by atoms with Crippen molar-refractivity contribution < 1.29 is 0 Å². The summed E-state index contributed by atoms with van der Waals surface area (Å²) in [6.07, 6.45) is 9.46. The van der Waals surface area contributed by atoms with Gasteiger partial charge in [0.15, 0.2) is 0 Å². The van der Waals surface area contributed by atoms with Gasteiger partial charge in [-0.25, -0.2) is 4.98 Å². The Hall–Kier alpha value is -0.870. The fraction of sp³-hybridized carbons (Fsp3) is 0.769. The van der Waals surface area contributed by atoms with Crippen LogP contribution >= 0.6 is 0 Å². The third-order valence-electron chi connectivity index (χ3n) is 4.01. The summed E-state index contributed by atoms with van der Waals surface area (Å²) in [6, 6.07) is 0. The Morgan fingerprint density at radius 1 is 1.41 bits per heavy atom. The zero-order valence-corrected chi connectivity index (χ0v) is 10.4. The number of nitrogens with two attached hydrogens (primary N) is 1. The van der Waals surface area contributed by atoms with Gasteiger partial charge in [0.2, 0.25) is 0 Å². The van der Waals surface area contributed by atoms with E-state index >= 15 is 0 Å². The lowest BCUT2D eigenvalue weighted by molar-refractivity contribution is 0.373. The molecule has 2 aliphatic heterocycles. The van der Waals surface area contributed by atoms with Crippen molar-refractivity contribution in [2.45, 2.75) is 44.7 Å². The van der Waals surface area contributed by atoms with Gasteiger partial charge < -0.3 is 15.6 Å². The van der Waals surface area contributed by atoms with Crippen LogP contribution in [0.5, 0.6) is 0 Å². The summed E-state index contributed by atoms with van der Waals surface area (Å²) in [5.74, 6) is 1.96. The van der Waals surface area contributed by atoms with Gasteiger partial charge in [-0.05, 0) is 51.1 Å². The number of nitrogens with one attached hydrogen (secondary N) is 1. The number of fused-ring (bicyclic) bond motifs is 1. The van der Waals surface area contributed by atoms with Gasteiger partial charge in [-0.2, -0.15) is 0 Å². The molecule has 1 aromatic rings. The summed E-state index contributed by atoms with van der Waals surface area (Å²) in [5.41, 5.74) is 7.35. The van der Waals surface area contributed by atoms with Crippen LogP contribution in [-0.4, -0.2) is 22.6 Å². The number of piperidine rings is 1. The van der Waals surface area contributed by atoms with Crippen LogP contribution in [-0.2, 0) is 12.8 Å². The van der Waals surface area contributed by atoms with Crippen LogP contribution in [0.1, 0.15) is 43.4 Å². The molecule has 1 aromatic heterocycles. The molecule has 1 saturated heterocycles. The number of rotatable bonds is 2. The fourth-order valence-electron chi connectivity index (χ4n) is 3.06. The van der Waals surface area contributed by atoms with Crippen LogP contribution < -0.4 is 11.1 Å². The van der Waals surface area contributed by atoms with Crippen molar-refractivity contribution in [1.29, 1.82) is 0 Å². The van der Waals surface area contributed by atoms with Crippen molar-refractivity contribution in [2.24, 2.45) is 11.7 Å². The molecule has 3 N–H and O–H groups in total. The minimum Gasteiger partial charge on any atom is -0.319 e. The molecule has 0 radical (unpaired) electrons. The molecule has 3 rings (SSSR count). The number of aromatic nitrogens is 2. The molecule has 0 amide bonds. The predicted molar refractivity (Wildman–Crippen MR) is 67.7 cm³/mol. The maximum atomic E-state index is 6.10. The summed E-state index contributed by atoms with van der Waals surface area (Å²) in [5, 5.41) is 3.47. The smallest absolute Gasteiger partial charge is 0.110 e. The van der Waals surface area contributed by atoms with E-state index < -0.39 is 0 Å². The first-order valence-corrected chi connectivity index (χ1v) is 6.86. The van der Waals surface area contributed by atoms with E-state index in [0.29, 0.717) is 0 Å². The molecule has 3 heterocycles. The Bertz CT molecular complexity index is 379. The summed E-state index contributed by atoms with van der Waals surface area (Å²) in [6.45, 7) is 2.33. The molecule has 4 heteroatoms. The highest BCUT2D eigenvalue weighted by atomic mass is 15.2. The van der Waals surface area contributed by atoms with Gasteiger partial charge in [0.25, 0.3) is 0 Å². The molecule has 0 aliphatic carbocycles. The normalized spacial score (nSPS) is 29.0. The number of hydrogen-bond donors (Lipinski definition) is 2. The van der Waals surface area contributed by atoms with Gasteiger partial charge in [0.05, 0.1) is 11.9 Å². The van der Waals surface area contributed by atoms with Crippen molar-refractivity contribution in [3.05, 3.63) is 17.7 Å². The van der Waals surface area contributed by atoms with E-state index in [1.807, 2.05) is 0 Å². The van der Waals surface area contributed by atoms with Crippen molar-refractivity contribution in [1.82, 2.24) is 14.9 Å². The standard InChI is InChI=1S/C13H22N4/c14-12-4-1-5-13-16-11(9-17(12)13)7-10-3-2-6-15-8-10/h9-10,12,15H,1-8,14H2. The molecule has 0 aromatic carbocycles. The number of nitrogens with zero attached hydrogens (tertiary/aromatic N) is 2. The molecule has 2 aliphatic rings. The van der Waals surface area contributed by atoms with Gasteiger partial charge in [0.1, 0.15) is 5.82 Å². The quantitative estimate of drug-likeness (QED) is 0.809. The fourth-order valence-corrected chi connectivity index (χ4v) is 3.06. The maximum absolute atomic E-state index is 6.10. The van der Waals surface area contributed by atoms with E-state index in [1.165, 1.54) is 37.3 Å². The maximum Gasteiger partial charge on any atom is 0.110 e. The first-order valence-electron chi connectivity index (χ1n) is 6.86. The number of aryl methyl sites for hydroxylation is 1. The molecular weight excluding hydrogens is 212 g/mol. The average molecular weight is 234 g/mol. The Morgan fingerprint density at radius 3 is 3.12 bits per heavy atom. The molecule has 2 unspecified atom stereocenters. The number of imidazole rings is 1. The lowest BCUT2D eigenvalue weighted by atomic mass is 9.95. The second-order valence-electron chi connectivity index (χ2n) is 5.43. The minimum absolute atomic E-state index is 0.157. The Labute approximate surface area is 103 Å². The summed E-state index contributed by atoms with van der Waals surface area (Å²) >= 11 is 0. The van der Waals surface area contributed by atoms with Crippen LogP contribution in [0.3, 0.4) is 0 Å². The Balaban J connectivity index is 1.71. The second-order valence-corrected chi connectivity index (χ2v) is 5.43. The highest BCUT2D eigenvalue weighted by Gasteiger charge is 2.20. The van der Waals surface area contributed by atoms with E-state index in [9.17, 15) is 0 Å². The summed E-state index contributed by atoms with van der Waals surface area (Å²) in [7, 11) is 0. The first-order chi connectivity index (χ1) is 8.33. The molecule has 4 nitrogen and oxygen atoms in total. The molecule has 0 bridgehead atoms. The SMILES string of the molecule is NC1CCCc2nc(CC3CCCNC3)cn21. The zero-order chi connectivity index (χ0) is 11.7. The molecule has 1 fully saturated rings. The van der Waals surface area contributed by atoms with Crippen molar-refractivity contribution in [3.8, 4) is 0 Å². The summed E-state index contributed by atoms with van der Waals surface area (Å²) < 4.78 is 2.19. The lowest BCUT2D eigenvalue weighted by Crippen LogP contribution is -2.30. The van der Waals surface area contributed by atoms with Crippen LogP contribution in [0, 0.1) is 5.92 Å². The molecule has 0 saturated carbocycles. The molecule has 2 atom stereocenters. The highest BCUT2D eigenvalue weighted by molar-refractivity contribution is 5.08. The van der Waals surface area contributed by atoms with E-state index in [4.69, 9.17) is 10.7 Å². The molecule has 17 heavy (non-hydrogen) atoms. The van der Waals surface area contributed by atoms with E-state index in [0.717, 1.165) is 31.7 Å². The topological polar surface area (TPSA) is 55.9 Å². The Kier molecular flexibility index (Phi) is 3.16. The van der Waals surface area contributed by atoms with Crippen molar-refractivity contribution in [2.75, 3.05) is 13.1 Å². The molecule has 94 valence electrons. The third kappa shape index (κ3) is 2.38. The van der Waals surface area contributed by atoms with E-state index in [2.05, 4.69) is 16.1 Å². The van der Waals surface area contributed by atoms with Crippen molar-refractivity contribution in [3.63, 3.8) is 0 Å². The number of hydrogen-bond acceptors (Lipinski definition) is 3. The van der Waals surface area contributed by atoms with Crippen LogP contribution in [0.4, 0.5) is 0 Å².